The molecule has 0 N–H and O–H groups in total. The van der Waals surface area contributed by atoms with E-state index in [4.69, 9.17) is 9.97 Å². The molecule has 43 heavy (non-hydrogen) atoms. The highest BCUT2D eigenvalue weighted by Crippen LogP contribution is 2.42. The van der Waals surface area contributed by atoms with Gasteiger partial charge in [0.05, 0.1) is 15.9 Å². The lowest BCUT2D eigenvalue weighted by Gasteiger charge is -2.11. The summed E-state index contributed by atoms with van der Waals surface area (Å²) in [6.45, 7) is 0. The zero-order chi connectivity index (χ0) is 28.3. The zero-order valence-corrected chi connectivity index (χ0v) is 24.0. The minimum atomic E-state index is 0.745. The molecule has 0 bridgehead atoms. The predicted molar refractivity (Wildman–Crippen MR) is 184 cm³/mol. The number of rotatable bonds is 3. The molecule has 0 unspecified atom stereocenters. The van der Waals surface area contributed by atoms with Crippen molar-refractivity contribution in [2.45, 2.75) is 0 Å². The minimum Gasteiger partial charge on any atom is -0.226 e. The van der Waals surface area contributed by atoms with E-state index < -0.39 is 0 Å². The van der Waals surface area contributed by atoms with Crippen molar-refractivity contribution in [2.24, 2.45) is 0 Å². The van der Waals surface area contributed by atoms with E-state index in [1.807, 2.05) is 0 Å². The third-order valence-corrected chi connectivity index (χ3v) is 9.73. The molecule has 0 spiro atoms. The summed E-state index contributed by atoms with van der Waals surface area (Å²) < 4.78 is 2.39. The SMILES string of the molecule is c1ccc(-c2nc(-c3ccc(-c4cccc5c4ccc4ccccc45)cc3)nc3c2sc2c4ccccc4ccc32)cc1. The Morgan fingerprint density at radius 1 is 0.372 bits per heavy atom. The summed E-state index contributed by atoms with van der Waals surface area (Å²) in [6, 6.07) is 51.9. The molecule has 7 aromatic carbocycles. The second-order valence-electron chi connectivity index (χ2n) is 11.0. The number of nitrogens with zero attached hydrogens (tertiary/aromatic N) is 2. The van der Waals surface area contributed by atoms with Crippen LogP contribution in [0.2, 0.25) is 0 Å². The molecule has 2 nitrogen and oxygen atoms in total. The summed E-state index contributed by atoms with van der Waals surface area (Å²) in [4.78, 5) is 10.4. The van der Waals surface area contributed by atoms with Crippen molar-refractivity contribution in [3.05, 3.63) is 146 Å². The van der Waals surface area contributed by atoms with Crippen LogP contribution in [-0.4, -0.2) is 9.97 Å². The molecule has 0 saturated heterocycles. The molecule has 0 fully saturated rings. The summed E-state index contributed by atoms with van der Waals surface area (Å²) in [6.07, 6.45) is 0. The highest BCUT2D eigenvalue weighted by Gasteiger charge is 2.18. The molecule has 0 aliphatic heterocycles. The van der Waals surface area contributed by atoms with Gasteiger partial charge in [0.15, 0.2) is 5.82 Å². The van der Waals surface area contributed by atoms with Gasteiger partial charge in [0.2, 0.25) is 0 Å². The van der Waals surface area contributed by atoms with Gasteiger partial charge in [-0.25, -0.2) is 9.97 Å². The van der Waals surface area contributed by atoms with E-state index >= 15 is 0 Å². The molecule has 0 atom stereocenters. The molecule has 2 aromatic heterocycles. The Labute approximate surface area is 252 Å². The third-order valence-electron chi connectivity index (χ3n) is 8.49. The molecular formula is C40H24N2S. The van der Waals surface area contributed by atoms with Crippen molar-refractivity contribution in [1.82, 2.24) is 9.97 Å². The lowest BCUT2D eigenvalue weighted by molar-refractivity contribution is 1.24. The van der Waals surface area contributed by atoms with Crippen molar-refractivity contribution in [3.8, 4) is 33.8 Å². The maximum absolute atomic E-state index is 5.21. The molecule has 0 aliphatic carbocycles. The van der Waals surface area contributed by atoms with Crippen LogP contribution in [0.3, 0.4) is 0 Å². The number of benzene rings is 7. The van der Waals surface area contributed by atoms with Crippen LogP contribution in [0.4, 0.5) is 0 Å². The van der Waals surface area contributed by atoms with Crippen molar-refractivity contribution in [3.63, 3.8) is 0 Å². The van der Waals surface area contributed by atoms with Crippen molar-refractivity contribution >= 4 is 64.0 Å². The van der Waals surface area contributed by atoms with Crippen molar-refractivity contribution in [1.29, 1.82) is 0 Å². The molecule has 9 rings (SSSR count). The number of thiophene rings is 1. The Morgan fingerprint density at radius 2 is 1.02 bits per heavy atom. The molecular weight excluding hydrogens is 541 g/mol. The molecule has 0 aliphatic rings. The summed E-state index contributed by atoms with van der Waals surface area (Å²) in [5.41, 5.74) is 6.52. The van der Waals surface area contributed by atoms with E-state index in [-0.39, 0.29) is 0 Å². The van der Waals surface area contributed by atoms with Crippen LogP contribution in [0.25, 0.3) is 86.4 Å². The topological polar surface area (TPSA) is 25.8 Å². The fourth-order valence-corrected chi connectivity index (χ4v) is 7.67. The van der Waals surface area contributed by atoms with Gasteiger partial charge < -0.3 is 0 Å². The van der Waals surface area contributed by atoms with Crippen LogP contribution in [0, 0.1) is 0 Å². The van der Waals surface area contributed by atoms with Gasteiger partial charge in [0, 0.05) is 21.2 Å². The minimum absolute atomic E-state index is 0.745. The van der Waals surface area contributed by atoms with Gasteiger partial charge in [0.25, 0.3) is 0 Å². The average molecular weight is 565 g/mol. The van der Waals surface area contributed by atoms with Gasteiger partial charge in [-0.15, -0.1) is 11.3 Å². The van der Waals surface area contributed by atoms with E-state index in [0.29, 0.717) is 0 Å². The van der Waals surface area contributed by atoms with Crippen LogP contribution < -0.4 is 0 Å². The molecule has 3 heteroatoms. The summed E-state index contributed by atoms with van der Waals surface area (Å²) in [5, 5.41) is 8.76. The lowest BCUT2D eigenvalue weighted by atomic mass is 9.94. The monoisotopic (exact) mass is 564 g/mol. The first-order valence-corrected chi connectivity index (χ1v) is 15.3. The Balaban J connectivity index is 1.22. The number of aromatic nitrogens is 2. The van der Waals surface area contributed by atoms with E-state index in [0.717, 1.165) is 32.9 Å². The van der Waals surface area contributed by atoms with Gasteiger partial charge in [0.1, 0.15) is 0 Å². The Bertz CT molecular complexity index is 2490. The van der Waals surface area contributed by atoms with E-state index in [1.54, 1.807) is 11.3 Å². The normalized spacial score (nSPS) is 11.7. The number of fused-ring (bicyclic) bond motifs is 8. The van der Waals surface area contributed by atoms with Crippen LogP contribution in [0.15, 0.2) is 146 Å². The molecule has 0 amide bonds. The van der Waals surface area contributed by atoms with Gasteiger partial charge >= 0.3 is 0 Å². The van der Waals surface area contributed by atoms with Crippen LogP contribution in [0.5, 0.6) is 0 Å². The van der Waals surface area contributed by atoms with Crippen LogP contribution in [-0.2, 0) is 0 Å². The number of hydrogen-bond acceptors (Lipinski definition) is 3. The highest BCUT2D eigenvalue weighted by atomic mass is 32.1. The number of hydrogen-bond donors (Lipinski definition) is 0. The first-order chi connectivity index (χ1) is 21.3. The quantitative estimate of drug-likeness (QED) is 0.199. The smallest absolute Gasteiger partial charge is 0.160 e. The van der Waals surface area contributed by atoms with Crippen LogP contribution >= 0.6 is 11.3 Å². The fraction of sp³-hybridized carbons (Fsp3) is 0. The molecule has 200 valence electrons. The Hall–Kier alpha value is -5.38. The Kier molecular flexibility index (Phi) is 5.40. The van der Waals surface area contributed by atoms with Crippen LogP contribution in [0.1, 0.15) is 0 Å². The second kappa shape index (κ2) is 9.59. The molecule has 9 aromatic rings. The van der Waals surface area contributed by atoms with Gasteiger partial charge in [-0.3, -0.25) is 0 Å². The standard InChI is InChI=1S/C40H24N2S/c1-2-11-28(12-3-1)36-39-37(35-24-22-26-10-5-7-14-32(26)38(35)43-39)42-40(41-36)29-19-17-27(18-20-29)31-15-8-16-33-30-13-6-4-9-25(30)21-23-34(31)33/h1-24H. The first-order valence-electron chi connectivity index (χ1n) is 14.5. The predicted octanol–water partition coefficient (Wildman–Crippen LogP) is 11.3. The van der Waals surface area contributed by atoms with E-state index in [2.05, 4.69) is 146 Å². The fourth-order valence-electron chi connectivity index (χ4n) is 6.38. The van der Waals surface area contributed by atoms with Gasteiger partial charge in [-0.1, -0.05) is 146 Å². The van der Waals surface area contributed by atoms with Gasteiger partial charge in [-0.2, -0.15) is 0 Å². The molecule has 0 saturated carbocycles. The molecule has 0 radical (unpaired) electrons. The van der Waals surface area contributed by atoms with Crippen molar-refractivity contribution < 1.29 is 0 Å². The molecule has 2 heterocycles. The third kappa shape index (κ3) is 3.86. The van der Waals surface area contributed by atoms with Crippen molar-refractivity contribution in [2.75, 3.05) is 0 Å². The zero-order valence-electron chi connectivity index (χ0n) is 23.2. The maximum Gasteiger partial charge on any atom is 0.160 e. The van der Waals surface area contributed by atoms with E-state index in [1.165, 1.54) is 53.5 Å². The lowest BCUT2D eigenvalue weighted by Crippen LogP contribution is -1.93. The summed E-state index contributed by atoms with van der Waals surface area (Å²) >= 11 is 1.79. The average Bonchev–Trinajstić information content (AvgIpc) is 3.47. The summed E-state index contributed by atoms with van der Waals surface area (Å²) in [7, 11) is 0. The Morgan fingerprint density at radius 3 is 1.84 bits per heavy atom. The maximum atomic E-state index is 5.21. The summed E-state index contributed by atoms with van der Waals surface area (Å²) in [5.74, 6) is 0.745. The largest absolute Gasteiger partial charge is 0.226 e. The first kappa shape index (κ1) is 24.2. The van der Waals surface area contributed by atoms with E-state index in [9.17, 15) is 0 Å². The van der Waals surface area contributed by atoms with Gasteiger partial charge in [-0.05, 0) is 43.4 Å². The highest BCUT2D eigenvalue weighted by molar-refractivity contribution is 7.27. The second-order valence-corrected chi connectivity index (χ2v) is 12.0.